The molecule has 4 heterocycles. The fourth-order valence-corrected chi connectivity index (χ4v) is 4.77. The zero-order valence-electron chi connectivity index (χ0n) is 19.3. The molecule has 6 nitrogen and oxygen atoms in total. The Bertz CT molecular complexity index is 1210. The molecule has 3 aliphatic heterocycles. The van der Waals surface area contributed by atoms with E-state index in [2.05, 4.69) is 40.8 Å². The Morgan fingerprint density at radius 1 is 1.15 bits per heavy atom. The van der Waals surface area contributed by atoms with Crippen molar-refractivity contribution in [2.24, 2.45) is 5.92 Å². The highest BCUT2D eigenvalue weighted by molar-refractivity contribution is 5.98. The summed E-state index contributed by atoms with van der Waals surface area (Å²) < 4.78 is 20.3. The molecule has 0 spiro atoms. The minimum Gasteiger partial charge on any atom is -0.441 e. The summed E-state index contributed by atoms with van der Waals surface area (Å²) in [5.41, 5.74) is 4.00. The number of likely N-dealkylation sites (N-methyl/N-ethyl adjacent to an activating group) is 1. The molecule has 0 bridgehead atoms. The maximum atomic E-state index is 14.7. The number of hydrogen-bond acceptors (Lipinski definition) is 5. The van der Waals surface area contributed by atoms with Crippen molar-refractivity contribution < 1.29 is 13.6 Å². The Morgan fingerprint density at radius 2 is 1.91 bits per heavy atom. The normalized spacial score (nSPS) is 22.0. The van der Waals surface area contributed by atoms with E-state index in [-0.39, 0.29) is 17.3 Å². The van der Waals surface area contributed by atoms with Gasteiger partial charge in [-0.2, -0.15) is 0 Å². The third-order valence-corrected chi connectivity index (χ3v) is 6.77. The van der Waals surface area contributed by atoms with E-state index in [1.165, 1.54) is 6.07 Å². The number of carbonyl (C=O) groups is 1. The molecule has 2 aromatic rings. The Labute approximate surface area is 193 Å². The lowest BCUT2D eigenvalue weighted by Crippen LogP contribution is -2.46. The van der Waals surface area contributed by atoms with Crippen LogP contribution >= 0.6 is 0 Å². The second-order valence-electron chi connectivity index (χ2n) is 8.92. The molecular weight excluding hydrogens is 419 g/mol. The number of benzene rings is 1. The molecular formula is C26H29FN4O2. The van der Waals surface area contributed by atoms with Crippen molar-refractivity contribution >= 4 is 22.6 Å². The summed E-state index contributed by atoms with van der Waals surface area (Å²) in [7, 11) is 0. The van der Waals surface area contributed by atoms with Gasteiger partial charge in [0.15, 0.2) is 17.3 Å². The monoisotopic (exact) mass is 448 g/mol. The molecule has 1 aromatic carbocycles. The standard InChI is InChI=1S/C26H29FN4O2/c1-4-29-9-11-30(12-10-29)21-8-7-20-6-5-17(2)22(15-25(32)31(20)16-21)19-13-23(27)26-24(14-19)33-18(3)28-26/h6-8,13-17H,4-5,9-12H2,1-3H3. The maximum absolute atomic E-state index is 14.7. The molecule has 0 aliphatic carbocycles. The van der Waals surface area contributed by atoms with Gasteiger partial charge in [0.25, 0.3) is 5.91 Å². The summed E-state index contributed by atoms with van der Waals surface area (Å²) in [6, 6.07) is 3.24. The number of amides is 1. The van der Waals surface area contributed by atoms with Crippen molar-refractivity contribution in [2.75, 3.05) is 32.7 Å². The quantitative estimate of drug-likeness (QED) is 0.694. The summed E-state index contributed by atoms with van der Waals surface area (Å²) in [6.45, 7) is 10.9. The van der Waals surface area contributed by atoms with Gasteiger partial charge >= 0.3 is 0 Å². The van der Waals surface area contributed by atoms with Gasteiger partial charge < -0.3 is 14.2 Å². The number of piperazine rings is 1. The molecule has 0 saturated carbocycles. The molecule has 7 heteroatoms. The molecule has 5 rings (SSSR count). The minimum absolute atomic E-state index is 0.0466. The SMILES string of the molecule is CCN1CCN(C2=CN3C(=O)C=C(c4cc(F)c5nc(C)oc5c4)C(C)CC=C3C=C2)CC1. The van der Waals surface area contributed by atoms with E-state index in [9.17, 15) is 9.18 Å². The number of allylic oxidation sites excluding steroid dienone is 4. The third kappa shape index (κ3) is 4.13. The van der Waals surface area contributed by atoms with Crippen LogP contribution in [0, 0.1) is 18.7 Å². The molecule has 1 aromatic heterocycles. The van der Waals surface area contributed by atoms with E-state index in [0.717, 1.165) is 56.1 Å². The number of fused-ring (bicyclic) bond motifs is 2. The number of carbonyl (C=O) groups excluding carboxylic acids is 1. The van der Waals surface area contributed by atoms with Crippen LogP contribution in [-0.2, 0) is 4.79 Å². The van der Waals surface area contributed by atoms with E-state index < -0.39 is 5.82 Å². The Morgan fingerprint density at radius 3 is 2.67 bits per heavy atom. The van der Waals surface area contributed by atoms with Crippen LogP contribution in [0.3, 0.4) is 0 Å². The number of nitrogens with zero attached hydrogens (tertiary/aromatic N) is 4. The van der Waals surface area contributed by atoms with Crippen molar-refractivity contribution in [3.63, 3.8) is 0 Å². The second kappa shape index (κ2) is 8.63. The van der Waals surface area contributed by atoms with Gasteiger partial charge in [-0.15, -0.1) is 0 Å². The average Bonchev–Trinajstić information content (AvgIpc) is 3.21. The summed E-state index contributed by atoms with van der Waals surface area (Å²) in [5.74, 6) is -0.106. The lowest BCUT2D eigenvalue weighted by Gasteiger charge is -2.38. The molecule has 1 fully saturated rings. The molecule has 3 aliphatic rings. The molecule has 1 atom stereocenters. The zero-order valence-corrected chi connectivity index (χ0v) is 19.3. The van der Waals surface area contributed by atoms with E-state index >= 15 is 0 Å². The summed E-state index contributed by atoms with van der Waals surface area (Å²) in [4.78, 5) is 24.0. The predicted molar refractivity (Wildman–Crippen MR) is 126 cm³/mol. The fourth-order valence-electron chi connectivity index (χ4n) is 4.77. The molecule has 0 radical (unpaired) electrons. The molecule has 33 heavy (non-hydrogen) atoms. The molecule has 1 saturated heterocycles. The average molecular weight is 449 g/mol. The van der Waals surface area contributed by atoms with E-state index in [1.807, 2.05) is 12.3 Å². The van der Waals surface area contributed by atoms with Crippen LogP contribution in [0.15, 0.2) is 58.4 Å². The van der Waals surface area contributed by atoms with Crippen LogP contribution < -0.4 is 0 Å². The molecule has 0 N–H and O–H groups in total. The molecule has 1 amide bonds. The Kier molecular flexibility index (Phi) is 5.66. The van der Waals surface area contributed by atoms with Crippen LogP contribution in [0.25, 0.3) is 16.7 Å². The first-order chi connectivity index (χ1) is 15.9. The van der Waals surface area contributed by atoms with Gasteiger partial charge in [0, 0.05) is 51.1 Å². The van der Waals surface area contributed by atoms with Gasteiger partial charge in [0.2, 0.25) is 0 Å². The van der Waals surface area contributed by atoms with Crippen molar-refractivity contribution in [3.05, 3.63) is 71.3 Å². The minimum atomic E-state index is -0.438. The first-order valence-corrected chi connectivity index (χ1v) is 11.6. The van der Waals surface area contributed by atoms with E-state index in [4.69, 9.17) is 4.42 Å². The Hall–Kier alpha value is -3.19. The van der Waals surface area contributed by atoms with Crippen molar-refractivity contribution in [1.82, 2.24) is 19.7 Å². The largest absolute Gasteiger partial charge is 0.441 e. The molecule has 1 unspecified atom stereocenters. The summed E-state index contributed by atoms with van der Waals surface area (Å²) in [6.07, 6.45) is 10.5. The van der Waals surface area contributed by atoms with Crippen LogP contribution in [0.1, 0.15) is 31.7 Å². The number of aryl methyl sites for hydroxylation is 1. The van der Waals surface area contributed by atoms with Crippen LogP contribution in [0.5, 0.6) is 0 Å². The van der Waals surface area contributed by atoms with Gasteiger partial charge in [-0.25, -0.2) is 9.37 Å². The number of rotatable bonds is 3. The van der Waals surface area contributed by atoms with Gasteiger partial charge in [0.1, 0.15) is 5.52 Å². The van der Waals surface area contributed by atoms with Gasteiger partial charge in [-0.1, -0.05) is 19.9 Å². The molecule has 172 valence electrons. The van der Waals surface area contributed by atoms with Gasteiger partial charge in [-0.3, -0.25) is 9.69 Å². The Balaban J connectivity index is 1.46. The number of oxazole rings is 1. The van der Waals surface area contributed by atoms with E-state index in [0.29, 0.717) is 17.0 Å². The third-order valence-electron chi connectivity index (χ3n) is 6.77. The van der Waals surface area contributed by atoms with E-state index in [1.54, 1.807) is 24.0 Å². The van der Waals surface area contributed by atoms with Crippen molar-refractivity contribution in [3.8, 4) is 0 Å². The predicted octanol–water partition coefficient (Wildman–Crippen LogP) is 4.46. The lowest BCUT2D eigenvalue weighted by atomic mass is 9.89. The van der Waals surface area contributed by atoms with Crippen molar-refractivity contribution in [2.45, 2.75) is 27.2 Å². The first kappa shape index (κ1) is 21.6. The van der Waals surface area contributed by atoms with Gasteiger partial charge in [-0.05, 0) is 54.3 Å². The maximum Gasteiger partial charge on any atom is 0.255 e. The van der Waals surface area contributed by atoms with Crippen LogP contribution in [0.4, 0.5) is 4.39 Å². The second-order valence-corrected chi connectivity index (χ2v) is 8.92. The summed E-state index contributed by atoms with van der Waals surface area (Å²) >= 11 is 0. The highest BCUT2D eigenvalue weighted by Gasteiger charge is 2.26. The number of halogens is 1. The first-order valence-electron chi connectivity index (χ1n) is 11.6. The fraction of sp³-hybridized carbons (Fsp3) is 0.385. The smallest absolute Gasteiger partial charge is 0.255 e. The highest BCUT2D eigenvalue weighted by atomic mass is 19.1. The number of aromatic nitrogens is 1. The van der Waals surface area contributed by atoms with Crippen LogP contribution in [0.2, 0.25) is 0 Å². The van der Waals surface area contributed by atoms with Crippen LogP contribution in [-0.4, -0.2) is 58.3 Å². The lowest BCUT2D eigenvalue weighted by molar-refractivity contribution is -0.122. The van der Waals surface area contributed by atoms with Gasteiger partial charge in [0.05, 0.1) is 5.70 Å². The van der Waals surface area contributed by atoms with Crippen molar-refractivity contribution in [1.29, 1.82) is 0 Å². The topological polar surface area (TPSA) is 52.8 Å². The highest BCUT2D eigenvalue weighted by Crippen LogP contribution is 2.34. The zero-order chi connectivity index (χ0) is 23.1. The number of hydrogen-bond donors (Lipinski definition) is 0. The summed E-state index contributed by atoms with van der Waals surface area (Å²) in [5, 5.41) is 0.